The second kappa shape index (κ2) is 5.91. The Morgan fingerprint density at radius 3 is 2.69 bits per heavy atom. The monoisotopic (exact) mass is 360 g/mol. The lowest BCUT2D eigenvalue weighted by Gasteiger charge is -2.31. The van der Waals surface area contributed by atoms with E-state index in [2.05, 4.69) is 53.6 Å². The number of fused-ring (bicyclic) bond motifs is 6. The number of hydrogen-bond donors (Lipinski definition) is 0. The van der Waals surface area contributed by atoms with Gasteiger partial charge in [-0.2, -0.15) is 0 Å². The molecule has 0 amide bonds. The van der Waals surface area contributed by atoms with Crippen LogP contribution in [0.5, 0.6) is 0 Å². The van der Waals surface area contributed by atoms with E-state index in [1.54, 1.807) is 0 Å². The van der Waals surface area contributed by atoms with E-state index in [0.717, 1.165) is 17.0 Å². The normalized spacial score (nSPS) is 21.5. The molecule has 0 N–H and O–H groups in total. The molecular formula is C23H21ClN2. The first kappa shape index (κ1) is 16.0. The van der Waals surface area contributed by atoms with Crippen LogP contribution in [0.4, 0.5) is 0 Å². The summed E-state index contributed by atoms with van der Waals surface area (Å²) in [6.07, 6.45) is 3.63. The Balaban J connectivity index is 1.72. The molecular weight excluding hydrogens is 340 g/mol. The van der Waals surface area contributed by atoms with Crippen molar-refractivity contribution in [3.05, 3.63) is 69.9 Å². The van der Waals surface area contributed by atoms with Gasteiger partial charge in [0.1, 0.15) is 0 Å². The fraction of sp³-hybridized carbons (Fsp3) is 0.304. The third kappa shape index (κ3) is 2.39. The highest BCUT2D eigenvalue weighted by atomic mass is 35.5. The Kier molecular flexibility index (Phi) is 3.64. The zero-order valence-electron chi connectivity index (χ0n) is 15.1. The molecule has 3 aromatic rings. The summed E-state index contributed by atoms with van der Waals surface area (Å²) >= 11 is 5.99. The zero-order chi connectivity index (χ0) is 17.8. The first-order chi connectivity index (χ1) is 12.6. The molecule has 2 unspecified atom stereocenters. The Bertz CT molecular complexity index is 1070. The van der Waals surface area contributed by atoms with Crippen molar-refractivity contribution in [3.63, 3.8) is 0 Å². The summed E-state index contributed by atoms with van der Waals surface area (Å²) in [5.74, 6) is 3.33. The highest BCUT2D eigenvalue weighted by Crippen LogP contribution is 2.46. The summed E-state index contributed by atoms with van der Waals surface area (Å²) in [4.78, 5) is 2.57. The lowest BCUT2D eigenvalue weighted by molar-refractivity contribution is 0.223. The third-order valence-electron chi connectivity index (χ3n) is 6.02. The van der Waals surface area contributed by atoms with Gasteiger partial charge in [-0.25, -0.2) is 0 Å². The van der Waals surface area contributed by atoms with Gasteiger partial charge in [-0.15, -0.1) is 0 Å². The van der Waals surface area contributed by atoms with Crippen LogP contribution in [-0.2, 0) is 6.42 Å². The summed E-state index contributed by atoms with van der Waals surface area (Å²) < 4.78 is 2.25. The van der Waals surface area contributed by atoms with E-state index in [0.29, 0.717) is 12.1 Å². The minimum Gasteiger partial charge on any atom is -0.296 e. The van der Waals surface area contributed by atoms with Crippen LogP contribution in [-0.4, -0.2) is 22.6 Å². The fourth-order valence-electron chi connectivity index (χ4n) is 4.67. The number of benzene rings is 2. The summed E-state index contributed by atoms with van der Waals surface area (Å²) in [5.41, 5.74) is 6.46. The van der Waals surface area contributed by atoms with Gasteiger partial charge in [-0.1, -0.05) is 23.2 Å². The van der Waals surface area contributed by atoms with Crippen LogP contribution in [0, 0.1) is 18.9 Å². The van der Waals surface area contributed by atoms with E-state index in [4.69, 9.17) is 11.6 Å². The summed E-state index contributed by atoms with van der Waals surface area (Å²) in [6.45, 7) is 2.17. The maximum Gasteiger partial charge on any atom is 0.0618 e. The largest absolute Gasteiger partial charge is 0.296 e. The first-order valence-corrected chi connectivity index (χ1v) is 9.63. The number of nitrogens with zero attached hydrogens (tertiary/aromatic N) is 2. The molecule has 0 saturated carbocycles. The van der Waals surface area contributed by atoms with Crippen LogP contribution < -0.4 is 0 Å². The highest BCUT2D eigenvalue weighted by molar-refractivity contribution is 6.30. The molecule has 1 saturated heterocycles. The van der Waals surface area contributed by atoms with Crippen LogP contribution in [0.2, 0.25) is 5.02 Å². The van der Waals surface area contributed by atoms with Gasteiger partial charge in [-0.05, 0) is 74.7 Å². The van der Waals surface area contributed by atoms with E-state index in [1.807, 2.05) is 24.3 Å². The Hall–Kier alpha value is -2.21. The Morgan fingerprint density at radius 1 is 1.08 bits per heavy atom. The molecule has 0 aliphatic carbocycles. The molecule has 26 heavy (non-hydrogen) atoms. The van der Waals surface area contributed by atoms with Crippen LogP contribution in [0.25, 0.3) is 10.9 Å². The highest BCUT2D eigenvalue weighted by Gasteiger charge is 2.40. The molecule has 0 spiro atoms. The lowest BCUT2D eigenvalue weighted by atomic mass is 9.97. The van der Waals surface area contributed by atoms with Gasteiger partial charge in [0.05, 0.1) is 5.52 Å². The van der Waals surface area contributed by atoms with Gasteiger partial charge in [0.15, 0.2) is 0 Å². The van der Waals surface area contributed by atoms with E-state index in [-0.39, 0.29) is 0 Å². The lowest BCUT2D eigenvalue weighted by Crippen LogP contribution is -2.34. The molecule has 1 aromatic heterocycles. The molecule has 130 valence electrons. The minimum absolute atomic E-state index is 0.534. The van der Waals surface area contributed by atoms with Gasteiger partial charge in [0.2, 0.25) is 0 Å². The fourth-order valence-corrected chi connectivity index (χ4v) is 4.79. The van der Waals surface area contributed by atoms with E-state index in [1.165, 1.54) is 40.6 Å². The number of halogens is 1. The number of hydrogen-bond acceptors (Lipinski definition) is 1. The molecule has 5 rings (SSSR count). The number of rotatable bonds is 0. The van der Waals surface area contributed by atoms with Crippen molar-refractivity contribution >= 4 is 22.5 Å². The van der Waals surface area contributed by atoms with Crippen molar-refractivity contribution in [3.8, 4) is 12.0 Å². The summed E-state index contributed by atoms with van der Waals surface area (Å²) in [7, 11) is 2.28. The van der Waals surface area contributed by atoms with Crippen molar-refractivity contribution in [2.75, 3.05) is 7.05 Å². The van der Waals surface area contributed by atoms with E-state index in [9.17, 15) is 0 Å². The van der Waals surface area contributed by atoms with E-state index < -0.39 is 0 Å². The molecule has 0 radical (unpaired) electrons. The van der Waals surface area contributed by atoms with Gasteiger partial charge in [0.25, 0.3) is 0 Å². The zero-order valence-corrected chi connectivity index (χ0v) is 15.8. The molecule has 2 atom stereocenters. The maximum atomic E-state index is 5.99. The van der Waals surface area contributed by atoms with Crippen molar-refractivity contribution in [1.29, 1.82) is 0 Å². The van der Waals surface area contributed by atoms with Crippen LogP contribution in [0.3, 0.4) is 0 Å². The molecule has 2 aliphatic rings. The van der Waals surface area contributed by atoms with Crippen molar-refractivity contribution in [2.45, 2.75) is 38.3 Å². The molecule has 1 fully saturated rings. The van der Waals surface area contributed by atoms with Gasteiger partial charge >= 0.3 is 0 Å². The quantitative estimate of drug-likeness (QED) is 0.503. The van der Waals surface area contributed by atoms with Crippen molar-refractivity contribution < 1.29 is 0 Å². The van der Waals surface area contributed by atoms with Crippen molar-refractivity contribution in [1.82, 2.24) is 9.47 Å². The van der Waals surface area contributed by atoms with Crippen molar-refractivity contribution in [2.24, 2.45) is 0 Å². The standard InChI is InChI=1S/C23H21ClN2/c1-15-3-9-20-19(13-15)23-21-10-8-18(25(21)2)14-22(23)26(20)12-11-16-4-6-17(24)7-5-16/h3-7,9,13,18,21H,8,10,14H2,1-2H3. The smallest absolute Gasteiger partial charge is 0.0618 e. The first-order valence-electron chi connectivity index (χ1n) is 9.25. The van der Waals surface area contributed by atoms with Gasteiger partial charge in [0, 0.05) is 46.2 Å². The predicted octanol–water partition coefficient (Wildman–Crippen LogP) is 5.15. The topological polar surface area (TPSA) is 8.17 Å². The maximum absolute atomic E-state index is 5.99. The van der Waals surface area contributed by atoms with Gasteiger partial charge < -0.3 is 0 Å². The average Bonchev–Trinajstić information content (AvgIpc) is 3.04. The minimum atomic E-state index is 0.534. The number of likely N-dealkylation sites (N-methyl/N-ethyl adjacent to an activating group) is 1. The molecule has 2 nitrogen and oxygen atoms in total. The average molecular weight is 361 g/mol. The Morgan fingerprint density at radius 2 is 1.88 bits per heavy atom. The third-order valence-corrected chi connectivity index (χ3v) is 6.28. The molecule has 3 heterocycles. The summed E-state index contributed by atoms with van der Waals surface area (Å²) in [5, 5.41) is 2.12. The summed E-state index contributed by atoms with van der Waals surface area (Å²) in [6, 6.07) is 19.1. The Labute approximate surface area is 159 Å². The number of aromatic nitrogens is 1. The van der Waals surface area contributed by atoms with E-state index >= 15 is 0 Å². The second-order valence-corrected chi connectivity index (χ2v) is 8.01. The second-order valence-electron chi connectivity index (χ2n) is 7.58. The number of aryl methyl sites for hydroxylation is 1. The van der Waals surface area contributed by atoms with Crippen LogP contribution in [0.15, 0.2) is 42.5 Å². The van der Waals surface area contributed by atoms with Crippen LogP contribution in [0.1, 0.15) is 41.3 Å². The predicted molar refractivity (Wildman–Crippen MR) is 108 cm³/mol. The molecule has 3 heteroatoms. The molecule has 2 bridgehead atoms. The SMILES string of the molecule is Cc1ccc2c(c1)c1c(n2C#Cc2ccc(Cl)cc2)CC2CCC1N2C. The molecule has 2 aromatic carbocycles. The van der Waals surface area contributed by atoms with Gasteiger partial charge in [-0.3, -0.25) is 9.47 Å². The van der Waals surface area contributed by atoms with Crippen LogP contribution >= 0.6 is 11.6 Å². The molecule has 2 aliphatic heterocycles.